The maximum absolute atomic E-state index is 5.93. The molecule has 0 aliphatic carbocycles. The first-order valence-corrected chi connectivity index (χ1v) is 8.30. The molecule has 0 unspecified atom stereocenters. The summed E-state index contributed by atoms with van der Waals surface area (Å²) in [5, 5.41) is 4.23. The number of aromatic nitrogens is 2. The van der Waals surface area contributed by atoms with Gasteiger partial charge in [-0.15, -0.1) is 0 Å². The smallest absolute Gasteiger partial charge is 0.141 e. The van der Waals surface area contributed by atoms with Gasteiger partial charge in [-0.05, 0) is 61.0 Å². The average molecular weight is 342 g/mol. The monoisotopic (exact) mass is 342 g/mol. The van der Waals surface area contributed by atoms with Crippen molar-refractivity contribution in [3.05, 3.63) is 78.6 Å². The zero-order valence-corrected chi connectivity index (χ0v) is 14.3. The summed E-state index contributed by atoms with van der Waals surface area (Å²) in [4.78, 5) is 8.63. The fourth-order valence-corrected chi connectivity index (χ4v) is 2.77. The highest BCUT2D eigenvalue weighted by molar-refractivity contribution is 5.92. The number of nitrogen functional groups attached to an aromatic ring is 1. The van der Waals surface area contributed by atoms with Crippen LogP contribution in [0.15, 0.2) is 73.1 Å². The predicted octanol–water partition coefficient (Wildman–Crippen LogP) is 5.06. The van der Waals surface area contributed by atoms with Gasteiger partial charge < -0.3 is 15.8 Å². The SMILES string of the molecule is Cc1cc(Nc2ncnc3ccc(N)cc23)ccc1Oc1ccccc1. The minimum atomic E-state index is 0.679. The number of nitrogens with zero attached hydrogens (tertiary/aromatic N) is 2. The van der Waals surface area contributed by atoms with Gasteiger partial charge in [-0.1, -0.05) is 18.2 Å². The highest BCUT2D eigenvalue weighted by Gasteiger charge is 2.07. The molecular weight excluding hydrogens is 324 g/mol. The molecule has 0 aliphatic rings. The first-order chi connectivity index (χ1) is 12.7. The van der Waals surface area contributed by atoms with E-state index in [0.717, 1.165) is 39.5 Å². The number of hydrogen-bond donors (Lipinski definition) is 2. The molecule has 3 aromatic carbocycles. The van der Waals surface area contributed by atoms with Crippen LogP contribution in [0.25, 0.3) is 10.9 Å². The Kier molecular flexibility index (Phi) is 4.11. The molecular formula is C21H18N4O. The van der Waals surface area contributed by atoms with Crippen LogP contribution in [-0.2, 0) is 0 Å². The summed E-state index contributed by atoms with van der Waals surface area (Å²) in [5.41, 5.74) is 9.37. The molecule has 0 radical (unpaired) electrons. The van der Waals surface area contributed by atoms with Crippen molar-refractivity contribution in [2.24, 2.45) is 0 Å². The maximum Gasteiger partial charge on any atom is 0.141 e. The Bertz CT molecular complexity index is 1060. The van der Waals surface area contributed by atoms with Gasteiger partial charge in [-0.2, -0.15) is 0 Å². The summed E-state index contributed by atoms with van der Waals surface area (Å²) in [7, 11) is 0. The molecule has 4 aromatic rings. The molecule has 0 bridgehead atoms. The Morgan fingerprint density at radius 3 is 2.58 bits per heavy atom. The Hall–Kier alpha value is -3.60. The number of ether oxygens (including phenoxy) is 1. The first kappa shape index (κ1) is 15.9. The molecule has 3 N–H and O–H groups in total. The number of fused-ring (bicyclic) bond motifs is 1. The van der Waals surface area contributed by atoms with Gasteiger partial charge in [-0.25, -0.2) is 9.97 Å². The number of aryl methyl sites for hydroxylation is 1. The van der Waals surface area contributed by atoms with E-state index in [1.165, 1.54) is 0 Å². The van der Waals surface area contributed by atoms with Gasteiger partial charge in [0.15, 0.2) is 0 Å². The van der Waals surface area contributed by atoms with Crippen LogP contribution >= 0.6 is 0 Å². The molecule has 1 heterocycles. The van der Waals surface area contributed by atoms with E-state index in [2.05, 4.69) is 15.3 Å². The van der Waals surface area contributed by atoms with Gasteiger partial charge in [-0.3, -0.25) is 0 Å². The van der Waals surface area contributed by atoms with Crippen LogP contribution in [0.5, 0.6) is 11.5 Å². The largest absolute Gasteiger partial charge is 0.457 e. The second-order valence-electron chi connectivity index (χ2n) is 6.02. The van der Waals surface area contributed by atoms with Crippen molar-refractivity contribution in [2.75, 3.05) is 11.1 Å². The molecule has 128 valence electrons. The van der Waals surface area contributed by atoms with E-state index in [4.69, 9.17) is 10.5 Å². The van der Waals surface area contributed by atoms with E-state index in [1.54, 1.807) is 6.33 Å². The van der Waals surface area contributed by atoms with Crippen molar-refractivity contribution in [3.8, 4) is 11.5 Å². The van der Waals surface area contributed by atoms with Gasteiger partial charge >= 0.3 is 0 Å². The van der Waals surface area contributed by atoms with Crippen molar-refractivity contribution in [2.45, 2.75) is 6.92 Å². The quantitative estimate of drug-likeness (QED) is 0.507. The fraction of sp³-hybridized carbons (Fsp3) is 0.0476. The zero-order valence-electron chi connectivity index (χ0n) is 14.3. The molecule has 5 nitrogen and oxygen atoms in total. The molecule has 0 spiro atoms. The van der Waals surface area contributed by atoms with Crippen LogP contribution < -0.4 is 15.8 Å². The van der Waals surface area contributed by atoms with Crippen molar-refractivity contribution >= 4 is 28.1 Å². The highest BCUT2D eigenvalue weighted by atomic mass is 16.5. The van der Waals surface area contributed by atoms with Crippen LogP contribution in [0.3, 0.4) is 0 Å². The van der Waals surface area contributed by atoms with E-state index in [0.29, 0.717) is 5.69 Å². The summed E-state index contributed by atoms with van der Waals surface area (Å²) in [6.07, 6.45) is 1.54. The van der Waals surface area contributed by atoms with Gasteiger partial charge in [0, 0.05) is 16.8 Å². The van der Waals surface area contributed by atoms with Crippen molar-refractivity contribution < 1.29 is 4.74 Å². The molecule has 0 atom stereocenters. The first-order valence-electron chi connectivity index (χ1n) is 8.30. The van der Waals surface area contributed by atoms with Gasteiger partial charge in [0.1, 0.15) is 23.6 Å². The minimum absolute atomic E-state index is 0.679. The second kappa shape index (κ2) is 6.72. The van der Waals surface area contributed by atoms with E-state index in [-0.39, 0.29) is 0 Å². The second-order valence-corrected chi connectivity index (χ2v) is 6.02. The minimum Gasteiger partial charge on any atom is -0.457 e. The van der Waals surface area contributed by atoms with Gasteiger partial charge in [0.05, 0.1) is 5.52 Å². The number of nitrogens with two attached hydrogens (primary N) is 1. The number of nitrogens with one attached hydrogen (secondary N) is 1. The van der Waals surface area contributed by atoms with Crippen LogP contribution in [0, 0.1) is 6.92 Å². The molecule has 0 aliphatic heterocycles. The third-order valence-corrected chi connectivity index (χ3v) is 4.07. The lowest BCUT2D eigenvalue weighted by Gasteiger charge is -2.12. The van der Waals surface area contributed by atoms with E-state index in [1.807, 2.05) is 73.7 Å². The molecule has 26 heavy (non-hydrogen) atoms. The number of para-hydroxylation sites is 1. The van der Waals surface area contributed by atoms with Crippen LogP contribution in [-0.4, -0.2) is 9.97 Å². The lowest BCUT2D eigenvalue weighted by Crippen LogP contribution is -1.98. The summed E-state index contributed by atoms with van der Waals surface area (Å²) in [6.45, 7) is 2.01. The topological polar surface area (TPSA) is 73.1 Å². The molecule has 0 saturated heterocycles. The summed E-state index contributed by atoms with van der Waals surface area (Å²) >= 11 is 0. The highest BCUT2D eigenvalue weighted by Crippen LogP contribution is 2.30. The molecule has 1 aromatic heterocycles. The van der Waals surface area contributed by atoms with E-state index >= 15 is 0 Å². The predicted molar refractivity (Wildman–Crippen MR) is 105 cm³/mol. The van der Waals surface area contributed by atoms with Crippen molar-refractivity contribution in [1.82, 2.24) is 9.97 Å². The summed E-state index contributed by atoms with van der Waals surface area (Å²) in [6, 6.07) is 21.3. The van der Waals surface area contributed by atoms with E-state index < -0.39 is 0 Å². The Morgan fingerprint density at radius 2 is 1.77 bits per heavy atom. The standard InChI is InChI=1S/C21H18N4O/c1-14-11-16(8-10-20(14)26-17-5-3-2-4-6-17)25-21-18-12-15(22)7-9-19(18)23-13-24-21/h2-13H,22H2,1H3,(H,23,24,25). The Labute approximate surface area is 151 Å². The fourth-order valence-electron chi connectivity index (χ4n) is 2.77. The lowest BCUT2D eigenvalue weighted by atomic mass is 10.1. The summed E-state index contributed by atoms with van der Waals surface area (Å²) < 4.78 is 5.93. The molecule has 0 saturated carbocycles. The van der Waals surface area contributed by atoms with E-state index in [9.17, 15) is 0 Å². The molecule has 0 fully saturated rings. The normalized spacial score (nSPS) is 10.7. The third kappa shape index (κ3) is 3.28. The molecule has 4 rings (SSSR count). The van der Waals surface area contributed by atoms with Crippen LogP contribution in [0.2, 0.25) is 0 Å². The summed E-state index contributed by atoms with van der Waals surface area (Å²) in [5.74, 6) is 2.35. The maximum atomic E-state index is 5.93. The zero-order chi connectivity index (χ0) is 17.9. The lowest BCUT2D eigenvalue weighted by molar-refractivity contribution is 0.479. The number of anilines is 3. The van der Waals surface area contributed by atoms with Crippen LogP contribution in [0.1, 0.15) is 5.56 Å². The average Bonchev–Trinajstić information content (AvgIpc) is 2.65. The van der Waals surface area contributed by atoms with Gasteiger partial charge in [0.2, 0.25) is 0 Å². The van der Waals surface area contributed by atoms with Crippen LogP contribution in [0.4, 0.5) is 17.2 Å². The number of hydrogen-bond acceptors (Lipinski definition) is 5. The Morgan fingerprint density at radius 1 is 0.923 bits per heavy atom. The Balaban J connectivity index is 1.62. The van der Waals surface area contributed by atoms with Crippen molar-refractivity contribution in [3.63, 3.8) is 0 Å². The molecule has 0 amide bonds. The number of rotatable bonds is 4. The number of benzene rings is 3. The van der Waals surface area contributed by atoms with Crippen molar-refractivity contribution in [1.29, 1.82) is 0 Å². The molecule has 5 heteroatoms. The van der Waals surface area contributed by atoms with Gasteiger partial charge in [0.25, 0.3) is 0 Å². The third-order valence-electron chi connectivity index (χ3n) is 4.07.